The van der Waals surface area contributed by atoms with Crippen molar-refractivity contribution in [3.8, 4) is 0 Å². The lowest BCUT2D eigenvalue weighted by Gasteiger charge is -2.31. The van der Waals surface area contributed by atoms with Gasteiger partial charge in [0.15, 0.2) is 0 Å². The molecule has 1 aromatic rings. The summed E-state index contributed by atoms with van der Waals surface area (Å²) in [6.45, 7) is 6.96. The summed E-state index contributed by atoms with van der Waals surface area (Å²) in [7, 11) is 0. The number of benzene rings is 1. The second-order valence-corrected chi connectivity index (χ2v) is 6.57. The molecule has 0 radical (unpaired) electrons. The summed E-state index contributed by atoms with van der Waals surface area (Å²) in [5.41, 5.74) is 1.75. The number of carbonyl (C=O) groups excluding carboxylic acids is 3. The Morgan fingerprint density at radius 1 is 1.24 bits per heavy atom. The van der Waals surface area contributed by atoms with Crippen LogP contribution in [0.1, 0.15) is 45.1 Å². The summed E-state index contributed by atoms with van der Waals surface area (Å²) < 4.78 is 5.02. The molecule has 0 aromatic heterocycles. The number of hydrogen-bond acceptors (Lipinski definition) is 4. The Morgan fingerprint density at radius 2 is 1.92 bits per heavy atom. The third-order valence-corrected chi connectivity index (χ3v) is 4.36. The number of nitrogens with zero attached hydrogens (tertiary/aromatic N) is 1. The fourth-order valence-electron chi connectivity index (χ4n) is 2.89. The number of carbonyl (C=O) groups is 3. The van der Waals surface area contributed by atoms with Gasteiger partial charge in [0, 0.05) is 18.8 Å². The SMILES string of the molecule is CCOC(=O)C1CCCN(C(=O)C(=O)Nc2ccc(C(C)C)cc2)C1. The average Bonchev–Trinajstić information content (AvgIpc) is 2.61. The first-order valence-corrected chi connectivity index (χ1v) is 8.79. The zero-order valence-corrected chi connectivity index (χ0v) is 15.1. The molecule has 1 unspecified atom stereocenters. The second kappa shape index (κ2) is 8.65. The number of nitrogens with one attached hydrogen (secondary N) is 1. The van der Waals surface area contributed by atoms with E-state index >= 15 is 0 Å². The number of amides is 2. The van der Waals surface area contributed by atoms with Crippen molar-refractivity contribution in [3.05, 3.63) is 29.8 Å². The molecule has 1 heterocycles. The van der Waals surface area contributed by atoms with E-state index in [1.165, 1.54) is 4.90 Å². The van der Waals surface area contributed by atoms with Crippen LogP contribution in [-0.4, -0.2) is 42.4 Å². The number of likely N-dealkylation sites (tertiary alicyclic amines) is 1. The van der Waals surface area contributed by atoms with Crippen LogP contribution in [0.4, 0.5) is 5.69 Å². The van der Waals surface area contributed by atoms with Gasteiger partial charge in [-0.1, -0.05) is 26.0 Å². The molecule has 1 fully saturated rings. The van der Waals surface area contributed by atoms with Crippen LogP contribution in [0.5, 0.6) is 0 Å². The Bertz CT molecular complexity index is 625. The highest BCUT2D eigenvalue weighted by Gasteiger charge is 2.31. The van der Waals surface area contributed by atoms with Crippen molar-refractivity contribution in [1.82, 2.24) is 4.90 Å². The molecule has 6 heteroatoms. The second-order valence-electron chi connectivity index (χ2n) is 6.57. The Morgan fingerprint density at radius 3 is 2.52 bits per heavy atom. The summed E-state index contributed by atoms with van der Waals surface area (Å²) in [5, 5.41) is 2.63. The Balaban J connectivity index is 1.94. The molecule has 2 rings (SSSR count). The van der Waals surface area contributed by atoms with Crippen LogP contribution in [-0.2, 0) is 19.1 Å². The minimum atomic E-state index is -0.679. The first-order chi connectivity index (χ1) is 11.9. The fraction of sp³-hybridized carbons (Fsp3) is 0.526. The zero-order chi connectivity index (χ0) is 18.4. The van der Waals surface area contributed by atoms with Crippen molar-refractivity contribution in [1.29, 1.82) is 0 Å². The molecule has 0 bridgehead atoms. The van der Waals surface area contributed by atoms with Gasteiger partial charge in [-0.15, -0.1) is 0 Å². The van der Waals surface area contributed by atoms with Crippen LogP contribution in [0.15, 0.2) is 24.3 Å². The lowest BCUT2D eigenvalue weighted by Crippen LogP contribution is -2.47. The smallest absolute Gasteiger partial charge is 0.313 e. The number of anilines is 1. The maximum atomic E-state index is 12.4. The highest BCUT2D eigenvalue weighted by atomic mass is 16.5. The maximum absolute atomic E-state index is 12.4. The normalized spacial score (nSPS) is 17.3. The van der Waals surface area contributed by atoms with Gasteiger partial charge in [0.05, 0.1) is 12.5 Å². The molecule has 2 amide bonds. The van der Waals surface area contributed by atoms with Crippen molar-refractivity contribution in [2.45, 2.75) is 39.5 Å². The largest absolute Gasteiger partial charge is 0.466 e. The van der Waals surface area contributed by atoms with Crippen molar-refractivity contribution in [3.63, 3.8) is 0 Å². The monoisotopic (exact) mass is 346 g/mol. The predicted molar refractivity (Wildman–Crippen MR) is 95.1 cm³/mol. The summed E-state index contributed by atoms with van der Waals surface area (Å²) in [4.78, 5) is 37.9. The van der Waals surface area contributed by atoms with Crippen molar-refractivity contribution in [2.75, 3.05) is 25.0 Å². The molecule has 1 saturated heterocycles. The fourth-order valence-corrected chi connectivity index (χ4v) is 2.89. The third-order valence-electron chi connectivity index (χ3n) is 4.36. The molecular formula is C19H26N2O4. The van der Waals surface area contributed by atoms with Crippen LogP contribution in [0.2, 0.25) is 0 Å². The average molecular weight is 346 g/mol. The highest BCUT2D eigenvalue weighted by Crippen LogP contribution is 2.19. The Labute approximate surface area is 148 Å². The molecule has 1 aliphatic heterocycles. The van der Waals surface area contributed by atoms with Crippen molar-refractivity contribution >= 4 is 23.5 Å². The lowest BCUT2D eigenvalue weighted by molar-refractivity contribution is -0.153. The summed E-state index contributed by atoms with van der Waals surface area (Å²) in [6.07, 6.45) is 1.37. The molecular weight excluding hydrogens is 320 g/mol. The number of piperidine rings is 1. The molecule has 0 aliphatic carbocycles. The van der Waals surface area contributed by atoms with E-state index in [2.05, 4.69) is 19.2 Å². The predicted octanol–water partition coefficient (Wildman–Crippen LogP) is 2.55. The lowest BCUT2D eigenvalue weighted by atomic mass is 9.98. The minimum absolute atomic E-state index is 0.234. The molecule has 136 valence electrons. The summed E-state index contributed by atoms with van der Waals surface area (Å²) in [5.74, 6) is -1.54. The Kier molecular flexibility index (Phi) is 6.56. The van der Waals surface area contributed by atoms with E-state index in [4.69, 9.17) is 4.74 Å². The van der Waals surface area contributed by atoms with E-state index in [0.717, 1.165) is 5.56 Å². The van der Waals surface area contributed by atoms with Crippen molar-refractivity contribution < 1.29 is 19.1 Å². The molecule has 1 N–H and O–H groups in total. The minimum Gasteiger partial charge on any atom is -0.466 e. The standard InChI is InChI=1S/C19H26N2O4/c1-4-25-19(24)15-6-5-11-21(12-15)18(23)17(22)20-16-9-7-14(8-10-16)13(2)3/h7-10,13,15H,4-6,11-12H2,1-3H3,(H,20,22). The van der Waals surface area contributed by atoms with Gasteiger partial charge in [0.2, 0.25) is 0 Å². The van der Waals surface area contributed by atoms with Gasteiger partial charge in [0.25, 0.3) is 0 Å². The molecule has 1 aliphatic rings. The number of ether oxygens (including phenoxy) is 1. The summed E-state index contributed by atoms with van der Waals surface area (Å²) >= 11 is 0. The quantitative estimate of drug-likeness (QED) is 0.671. The van der Waals surface area contributed by atoms with Gasteiger partial charge in [0.1, 0.15) is 0 Å². The Hall–Kier alpha value is -2.37. The summed E-state index contributed by atoms with van der Waals surface area (Å²) in [6, 6.07) is 7.45. The third kappa shape index (κ3) is 5.05. The van der Waals surface area contributed by atoms with Crippen LogP contribution in [0, 0.1) is 5.92 Å². The molecule has 6 nitrogen and oxygen atoms in total. The first kappa shape index (κ1) is 19.0. The van der Waals surface area contributed by atoms with Crippen LogP contribution in [0.25, 0.3) is 0 Å². The number of esters is 1. The molecule has 25 heavy (non-hydrogen) atoms. The van der Waals surface area contributed by atoms with Gasteiger partial charge in [-0.3, -0.25) is 14.4 Å². The number of rotatable bonds is 4. The number of hydrogen-bond donors (Lipinski definition) is 1. The van der Waals surface area contributed by atoms with E-state index in [1.54, 1.807) is 19.1 Å². The van der Waals surface area contributed by atoms with Gasteiger partial charge in [-0.2, -0.15) is 0 Å². The zero-order valence-electron chi connectivity index (χ0n) is 15.1. The van der Waals surface area contributed by atoms with E-state index in [1.807, 2.05) is 12.1 Å². The topological polar surface area (TPSA) is 75.7 Å². The van der Waals surface area contributed by atoms with E-state index in [-0.39, 0.29) is 18.4 Å². The van der Waals surface area contributed by atoms with E-state index in [9.17, 15) is 14.4 Å². The first-order valence-electron chi connectivity index (χ1n) is 8.79. The van der Waals surface area contributed by atoms with Gasteiger partial charge in [-0.05, 0) is 43.4 Å². The van der Waals surface area contributed by atoms with Gasteiger partial charge >= 0.3 is 17.8 Å². The van der Waals surface area contributed by atoms with Crippen LogP contribution < -0.4 is 5.32 Å². The van der Waals surface area contributed by atoms with Crippen LogP contribution in [0.3, 0.4) is 0 Å². The van der Waals surface area contributed by atoms with E-state index in [0.29, 0.717) is 37.6 Å². The highest BCUT2D eigenvalue weighted by molar-refractivity contribution is 6.39. The molecule has 1 aromatic carbocycles. The molecule has 1 atom stereocenters. The maximum Gasteiger partial charge on any atom is 0.313 e. The molecule has 0 saturated carbocycles. The van der Waals surface area contributed by atoms with Crippen LogP contribution >= 0.6 is 0 Å². The van der Waals surface area contributed by atoms with Gasteiger partial charge < -0.3 is 15.0 Å². The molecule has 0 spiro atoms. The van der Waals surface area contributed by atoms with E-state index < -0.39 is 11.8 Å². The van der Waals surface area contributed by atoms with Gasteiger partial charge in [-0.25, -0.2) is 0 Å². The van der Waals surface area contributed by atoms with Crippen molar-refractivity contribution in [2.24, 2.45) is 5.92 Å².